The highest BCUT2D eigenvalue weighted by molar-refractivity contribution is 5.79. The highest BCUT2D eigenvalue weighted by Gasteiger charge is 2.19. The van der Waals surface area contributed by atoms with Crippen LogP contribution in [0.4, 0.5) is 4.79 Å². The fourth-order valence-corrected chi connectivity index (χ4v) is 2.06. The maximum atomic E-state index is 12.2. The molecule has 0 saturated carbocycles. The summed E-state index contributed by atoms with van der Waals surface area (Å²) >= 11 is 0. The number of nitrogens with one attached hydrogen (secondary N) is 2. The van der Waals surface area contributed by atoms with Crippen molar-refractivity contribution in [3.05, 3.63) is 30.1 Å². The van der Waals surface area contributed by atoms with Gasteiger partial charge in [-0.3, -0.25) is 9.78 Å². The van der Waals surface area contributed by atoms with Crippen molar-refractivity contribution < 1.29 is 9.59 Å². The smallest absolute Gasteiger partial charge is 0.317 e. The van der Waals surface area contributed by atoms with Gasteiger partial charge in [0.25, 0.3) is 0 Å². The molecule has 0 unspecified atom stereocenters. The van der Waals surface area contributed by atoms with Crippen LogP contribution in [-0.2, 0) is 4.79 Å². The lowest BCUT2D eigenvalue weighted by Crippen LogP contribution is -2.45. The zero-order valence-corrected chi connectivity index (χ0v) is 14.0. The number of carbonyl (C=O) groups excluding carboxylic acids is 2. The van der Waals surface area contributed by atoms with Gasteiger partial charge in [0.1, 0.15) is 0 Å². The molecular formula is C16H26N4O2. The second-order valence-electron chi connectivity index (χ2n) is 5.84. The van der Waals surface area contributed by atoms with Gasteiger partial charge in [0.2, 0.25) is 5.91 Å². The topological polar surface area (TPSA) is 74.3 Å². The lowest BCUT2D eigenvalue weighted by Gasteiger charge is -2.27. The number of carbonyl (C=O) groups is 2. The van der Waals surface area contributed by atoms with Gasteiger partial charge in [-0.15, -0.1) is 0 Å². The highest BCUT2D eigenvalue weighted by Crippen LogP contribution is 2.17. The van der Waals surface area contributed by atoms with Crippen LogP contribution in [0.2, 0.25) is 0 Å². The third-order valence-corrected chi connectivity index (χ3v) is 3.40. The molecule has 2 N–H and O–H groups in total. The van der Waals surface area contributed by atoms with E-state index in [1.165, 1.54) is 0 Å². The number of urea groups is 1. The van der Waals surface area contributed by atoms with Gasteiger partial charge in [-0.1, -0.05) is 0 Å². The number of pyridine rings is 1. The summed E-state index contributed by atoms with van der Waals surface area (Å²) in [6.45, 7) is 7.59. The average Bonchev–Trinajstić information content (AvgIpc) is 2.45. The molecule has 6 heteroatoms. The van der Waals surface area contributed by atoms with Crippen LogP contribution in [0.15, 0.2) is 24.5 Å². The predicted molar refractivity (Wildman–Crippen MR) is 86.3 cm³/mol. The summed E-state index contributed by atoms with van der Waals surface area (Å²) in [5, 5.41) is 5.66. The molecule has 0 aliphatic carbocycles. The van der Waals surface area contributed by atoms with Crippen molar-refractivity contribution in [1.29, 1.82) is 0 Å². The molecule has 0 spiro atoms. The zero-order valence-electron chi connectivity index (χ0n) is 14.0. The van der Waals surface area contributed by atoms with Crippen LogP contribution < -0.4 is 10.6 Å². The Labute approximate surface area is 132 Å². The quantitative estimate of drug-likeness (QED) is 0.845. The first-order valence-corrected chi connectivity index (χ1v) is 7.53. The van der Waals surface area contributed by atoms with Gasteiger partial charge in [-0.05, 0) is 45.4 Å². The summed E-state index contributed by atoms with van der Waals surface area (Å²) in [6, 6.07) is 3.37. The second kappa shape index (κ2) is 8.36. The standard InChI is InChI=1S/C16H26N4O2/c1-11(2)18-15(21)10-12(3)19-16(22)20(5)13(4)14-6-8-17-9-7-14/h6-9,11-13H,10H2,1-5H3,(H,18,21)(H,19,22)/t12-,13-/m0/s1. The Morgan fingerprint density at radius 1 is 1.14 bits per heavy atom. The van der Waals surface area contributed by atoms with E-state index in [1.807, 2.05) is 39.8 Å². The Balaban J connectivity index is 2.51. The van der Waals surface area contributed by atoms with E-state index in [0.29, 0.717) is 0 Å². The molecule has 2 atom stereocenters. The van der Waals surface area contributed by atoms with Gasteiger partial charge in [0, 0.05) is 37.9 Å². The zero-order chi connectivity index (χ0) is 16.7. The molecule has 122 valence electrons. The molecule has 0 aliphatic rings. The Kier molecular flexibility index (Phi) is 6.82. The molecule has 1 aromatic heterocycles. The first-order chi connectivity index (χ1) is 10.3. The Hall–Kier alpha value is -2.11. The average molecular weight is 306 g/mol. The number of amides is 3. The van der Waals surface area contributed by atoms with Crippen molar-refractivity contribution in [2.24, 2.45) is 0 Å². The van der Waals surface area contributed by atoms with E-state index in [2.05, 4.69) is 15.6 Å². The van der Waals surface area contributed by atoms with Crippen molar-refractivity contribution in [2.75, 3.05) is 7.05 Å². The molecule has 1 rings (SSSR count). The van der Waals surface area contributed by atoms with E-state index in [-0.39, 0.29) is 36.5 Å². The van der Waals surface area contributed by atoms with Crippen LogP contribution in [0.5, 0.6) is 0 Å². The van der Waals surface area contributed by atoms with Crippen LogP contribution in [0.25, 0.3) is 0 Å². The molecule has 3 amide bonds. The number of hydrogen-bond donors (Lipinski definition) is 2. The van der Waals surface area contributed by atoms with Crippen LogP contribution in [-0.4, -0.2) is 41.0 Å². The van der Waals surface area contributed by atoms with Crippen molar-refractivity contribution in [3.63, 3.8) is 0 Å². The number of rotatable bonds is 6. The molecule has 0 fully saturated rings. The fraction of sp³-hybridized carbons (Fsp3) is 0.562. The van der Waals surface area contributed by atoms with Crippen LogP contribution in [0, 0.1) is 0 Å². The summed E-state index contributed by atoms with van der Waals surface area (Å²) in [7, 11) is 1.74. The van der Waals surface area contributed by atoms with Crippen LogP contribution in [0.1, 0.15) is 45.7 Å². The van der Waals surface area contributed by atoms with Gasteiger partial charge >= 0.3 is 6.03 Å². The number of nitrogens with zero attached hydrogens (tertiary/aromatic N) is 2. The van der Waals surface area contributed by atoms with E-state index in [4.69, 9.17) is 0 Å². The lowest BCUT2D eigenvalue weighted by molar-refractivity contribution is -0.121. The first kappa shape index (κ1) is 17.9. The molecule has 0 aromatic carbocycles. The van der Waals surface area contributed by atoms with E-state index >= 15 is 0 Å². The lowest BCUT2D eigenvalue weighted by atomic mass is 10.1. The first-order valence-electron chi connectivity index (χ1n) is 7.53. The summed E-state index contributed by atoms with van der Waals surface area (Å²) < 4.78 is 0. The molecule has 0 aliphatic heterocycles. The van der Waals surface area contributed by atoms with Crippen molar-refractivity contribution >= 4 is 11.9 Å². The minimum atomic E-state index is -0.224. The largest absolute Gasteiger partial charge is 0.354 e. The summed E-state index contributed by atoms with van der Waals surface area (Å²) in [6.07, 6.45) is 3.67. The third kappa shape index (κ3) is 5.71. The normalized spacial score (nSPS) is 13.4. The molecule has 6 nitrogen and oxygen atoms in total. The van der Waals surface area contributed by atoms with Crippen molar-refractivity contribution in [1.82, 2.24) is 20.5 Å². The predicted octanol–water partition coefficient (Wildman–Crippen LogP) is 2.09. The highest BCUT2D eigenvalue weighted by atomic mass is 16.2. The summed E-state index contributed by atoms with van der Waals surface area (Å²) in [5.74, 6) is -0.0624. The number of aromatic nitrogens is 1. The third-order valence-electron chi connectivity index (χ3n) is 3.40. The molecular weight excluding hydrogens is 280 g/mol. The van der Waals surface area contributed by atoms with Crippen molar-refractivity contribution in [2.45, 2.75) is 52.2 Å². The molecule has 0 radical (unpaired) electrons. The SMILES string of the molecule is CC(C)NC(=O)C[C@H](C)NC(=O)N(C)[C@@H](C)c1ccncc1. The molecule has 22 heavy (non-hydrogen) atoms. The van der Waals surface area contributed by atoms with E-state index in [9.17, 15) is 9.59 Å². The van der Waals surface area contributed by atoms with E-state index in [0.717, 1.165) is 5.56 Å². The molecule has 0 bridgehead atoms. The number of hydrogen-bond acceptors (Lipinski definition) is 3. The Morgan fingerprint density at radius 2 is 1.73 bits per heavy atom. The van der Waals surface area contributed by atoms with Gasteiger partial charge in [0.05, 0.1) is 6.04 Å². The maximum absolute atomic E-state index is 12.2. The minimum Gasteiger partial charge on any atom is -0.354 e. The fourth-order valence-electron chi connectivity index (χ4n) is 2.06. The maximum Gasteiger partial charge on any atom is 0.317 e. The molecule has 1 heterocycles. The van der Waals surface area contributed by atoms with Gasteiger partial charge in [-0.25, -0.2) is 4.79 Å². The van der Waals surface area contributed by atoms with Gasteiger partial charge < -0.3 is 15.5 Å². The van der Waals surface area contributed by atoms with Crippen LogP contribution in [0.3, 0.4) is 0 Å². The van der Waals surface area contributed by atoms with Crippen LogP contribution >= 0.6 is 0 Å². The second-order valence-corrected chi connectivity index (χ2v) is 5.84. The monoisotopic (exact) mass is 306 g/mol. The molecule has 0 saturated heterocycles. The summed E-state index contributed by atoms with van der Waals surface area (Å²) in [4.78, 5) is 29.5. The van der Waals surface area contributed by atoms with E-state index in [1.54, 1.807) is 24.3 Å². The minimum absolute atomic E-state index is 0.0624. The summed E-state index contributed by atoms with van der Waals surface area (Å²) in [5.41, 5.74) is 1.01. The van der Waals surface area contributed by atoms with Gasteiger partial charge in [0.15, 0.2) is 0 Å². The Morgan fingerprint density at radius 3 is 2.27 bits per heavy atom. The van der Waals surface area contributed by atoms with E-state index < -0.39 is 0 Å². The Bertz CT molecular complexity index is 490. The van der Waals surface area contributed by atoms with Crippen molar-refractivity contribution in [3.8, 4) is 0 Å². The van der Waals surface area contributed by atoms with Gasteiger partial charge in [-0.2, -0.15) is 0 Å². The molecule has 1 aromatic rings.